The maximum Gasteiger partial charge on any atom is 0.458 e. The van der Waals surface area contributed by atoms with Crippen molar-refractivity contribution in [1.29, 1.82) is 0 Å². The van der Waals surface area contributed by atoms with Crippen molar-refractivity contribution in [2.24, 2.45) is 0 Å². The molecular weight excluding hydrogens is 124 g/mol. The predicted molar refractivity (Wildman–Crippen MR) is 26.6 cm³/mol. The number of aromatic nitrogens is 3. The number of anilines is 1. The van der Waals surface area contributed by atoms with Gasteiger partial charge in [0, 0.05) is 4.85 Å². The molecule has 6 heteroatoms. The molecule has 1 aromatic rings. The van der Waals surface area contributed by atoms with Gasteiger partial charge in [-0.05, 0) is 0 Å². The van der Waals surface area contributed by atoms with Crippen molar-refractivity contribution in [3.8, 4) is 0 Å². The van der Waals surface area contributed by atoms with Crippen molar-refractivity contribution in [2.75, 3.05) is 5.73 Å². The van der Waals surface area contributed by atoms with E-state index in [1.807, 2.05) is 0 Å². The van der Waals surface area contributed by atoms with E-state index in [1.165, 1.54) is 0 Å². The van der Waals surface area contributed by atoms with Gasteiger partial charge >= 0.3 is 5.95 Å². The number of nitrogens with two attached hydrogens (primary N) is 1. The average molecular weight is 128 g/mol. The minimum absolute atomic E-state index is 0.212. The first-order valence-corrected chi connectivity index (χ1v) is 2.15. The monoisotopic (exact) mass is 128 g/mol. The van der Waals surface area contributed by atoms with Crippen LogP contribution in [0.25, 0.3) is 0 Å². The Kier molecular flexibility index (Phi) is 1.07. The molecule has 2 N–H and O–H groups in total. The molecule has 0 unspecified atom stereocenters. The Morgan fingerprint density at radius 1 is 1.44 bits per heavy atom. The van der Waals surface area contributed by atoms with Crippen LogP contribution in [0, 0.1) is 10.4 Å². The molecule has 0 aliphatic heterocycles. The summed E-state index contributed by atoms with van der Waals surface area (Å²) < 4.78 is 0.300. The van der Waals surface area contributed by atoms with Gasteiger partial charge in [-0.3, -0.25) is 5.73 Å². The fourth-order valence-electron chi connectivity index (χ4n) is 0.372. The van der Waals surface area contributed by atoms with Crippen LogP contribution in [0.15, 0.2) is 12.4 Å². The molecular formula is C3H4N4O2. The van der Waals surface area contributed by atoms with E-state index in [4.69, 9.17) is 5.73 Å². The van der Waals surface area contributed by atoms with Gasteiger partial charge in [0.25, 0.3) is 6.20 Å². The molecule has 0 saturated heterocycles. The van der Waals surface area contributed by atoms with Gasteiger partial charge in [-0.25, -0.2) is 4.73 Å². The zero-order chi connectivity index (χ0) is 6.85. The Morgan fingerprint density at radius 2 is 2.11 bits per heavy atom. The number of nitrogen functional groups attached to an aromatic ring is 1. The van der Waals surface area contributed by atoms with Crippen LogP contribution in [0.5, 0.6) is 0 Å². The summed E-state index contributed by atoms with van der Waals surface area (Å²) in [4.78, 5) is 0.212. The summed E-state index contributed by atoms with van der Waals surface area (Å²) in [5.74, 6) is -0.354. The quantitative estimate of drug-likeness (QED) is 0.321. The minimum Gasteiger partial charge on any atom is -0.740 e. The molecule has 0 amide bonds. The van der Waals surface area contributed by atoms with E-state index in [1.54, 1.807) is 0 Å². The standard InChI is InChI=1S/C3H4N4O2/c4-3-5-7(9)2-1-6(3)8/h1-2H,(H2,4,5). The molecule has 0 aliphatic rings. The van der Waals surface area contributed by atoms with Crippen LogP contribution in [0.2, 0.25) is 0 Å². The van der Waals surface area contributed by atoms with Gasteiger partial charge in [-0.2, -0.15) is 0 Å². The lowest BCUT2D eigenvalue weighted by Crippen LogP contribution is -2.42. The van der Waals surface area contributed by atoms with Crippen LogP contribution in [0.3, 0.4) is 0 Å². The lowest BCUT2D eigenvalue weighted by molar-refractivity contribution is -0.705. The first-order valence-electron chi connectivity index (χ1n) is 2.15. The summed E-state index contributed by atoms with van der Waals surface area (Å²) in [5, 5.41) is 23.6. The van der Waals surface area contributed by atoms with Crippen LogP contribution in [-0.4, -0.2) is 5.10 Å². The normalized spacial score (nSPS) is 9.33. The first-order chi connectivity index (χ1) is 4.20. The Morgan fingerprint density at radius 3 is 2.56 bits per heavy atom. The Labute approximate surface area is 50.3 Å². The molecule has 1 heterocycles. The molecule has 0 spiro atoms. The molecule has 1 rings (SSSR count). The maximum absolute atomic E-state index is 10.3. The summed E-state index contributed by atoms with van der Waals surface area (Å²) in [6, 6.07) is 0. The van der Waals surface area contributed by atoms with E-state index in [0.29, 0.717) is 4.73 Å². The summed E-state index contributed by atoms with van der Waals surface area (Å²) in [6.45, 7) is 0. The fourth-order valence-corrected chi connectivity index (χ4v) is 0.372. The molecule has 9 heavy (non-hydrogen) atoms. The van der Waals surface area contributed by atoms with Crippen molar-refractivity contribution in [2.45, 2.75) is 0 Å². The first kappa shape index (κ1) is 5.54. The van der Waals surface area contributed by atoms with E-state index >= 15 is 0 Å². The Hall–Kier alpha value is -1.59. The predicted octanol–water partition coefficient (Wildman–Crippen LogP) is -2.07. The van der Waals surface area contributed by atoms with E-state index < -0.39 is 0 Å². The number of rotatable bonds is 0. The van der Waals surface area contributed by atoms with Gasteiger partial charge in [0.1, 0.15) is 6.20 Å². The van der Waals surface area contributed by atoms with E-state index in [0.717, 1.165) is 12.4 Å². The highest BCUT2D eigenvalue weighted by Crippen LogP contribution is 1.73. The van der Waals surface area contributed by atoms with Crippen molar-refractivity contribution in [3.05, 3.63) is 22.8 Å². The van der Waals surface area contributed by atoms with Crippen LogP contribution < -0.4 is 15.3 Å². The van der Waals surface area contributed by atoms with Crippen molar-refractivity contribution >= 4 is 5.95 Å². The highest BCUT2D eigenvalue weighted by molar-refractivity contribution is 4.98. The highest BCUT2D eigenvalue weighted by Gasteiger charge is 2.03. The third-order valence-corrected chi connectivity index (χ3v) is 0.756. The molecule has 6 nitrogen and oxygen atoms in total. The van der Waals surface area contributed by atoms with Gasteiger partial charge in [0.2, 0.25) is 5.10 Å². The largest absolute Gasteiger partial charge is 0.740 e. The lowest BCUT2D eigenvalue weighted by atomic mass is 10.9. The van der Waals surface area contributed by atoms with E-state index in [2.05, 4.69) is 5.10 Å². The van der Waals surface area contributed by atoms with Gasteiger partial charge < -0.3 is 10.4 Å². The zero-order valence-corrected chi connectivity index (χ0v) is 4.39. The van der Waals surface area contributed by atoms with Gasteiger partial charge in [0.05, 0.1) is 0 Å². The average Bonchev–Trinajstić information content (AvgIpc) is 1.80. The second-order valence-corrected chi connectivity index (χ2v) is 1.38. The zero-order valence-electron chi connectivity index (χ0n) is 4.39. The van der Waals surface area contributed by atoms with Crippen LogP contribution in [0.4, 0.5) is 5.95 Å². The van der Waals surface area contributed by atoms with E-state index in [-0.39, 0.29) is 10.8 Å². The third-order valence-electron chi connectivity index (χ3n) is 0.756. The Balaban J connectivity index is 3.17. The molecule has 0 aliphatic carbocycles. The van der Waals surface area contributed by atoms with Crippen molar-refractivity contribution < 1.29 is 9.58 Å². The topological polar surface area (TPSA) is 92.8 Å². The van der Waals surface area contributed by atoms with E-state index in [9.17, 15) is 10.4 Å². The summed E-state index contributed by atoms with van der Waals surface area (Å²) >= 11 is 0. The molecule has 0 aromatic carbocycles. The second kappa shape index (κ2) is 1.73. The van der Waals surface area contributed by atoms with Crippen LogP contribution in [0.1, 0.15) is 0 Å². The lowest BCUT2D eigenvalue weighted by Gasteiger charge is -1.98. The summed E-state index contributed by atoms with van der Waals surface area (Å²) in [5.41, 5.74) is 4.94. The smallest absolute Gasteiger partial charge is 0.458 e. The number of hydrogen-bond donors (Lipinski definition) is 1. The third kappa shape index (κ3) is 0.958. The molecule has 0 atom stereocenters. The molecule has 0 saturated carbocycles. The number of hydrogen-bond acceptors (Lipinski definition) is 4. The highest BCUT2D eigenvalue weighted by atomic mass is 16.5. The van der Waals surface area contributed by atoms with Crippen LogP contribution in [-0.2, 0) is 0 Å². The molecule has 0 radical (unpaired) electrons. The number of nitrogens with zero attached hydrogens (tertiary/aromatic N) is 3. The Bertz CT molecular complexity index is 225. The summed E-state index contributed by atoms with van der Waals surface area (Å²) in [6.07, 6.45) is 1.94. The SMILES string of the molecule is Nc1n[n+]([O-])cc[n+]1[O-]. The minimum atomic E-state index is -0.354. The fraction of sp³-hybridized carbons (Fsp3) is 0. The van der Waals surface area contributed by atoms with Crippen molar-refractivity contribution in [3.63, 3.8) is 0 Å². The molecule has 48 valence electrons. The molecule has 1 aromatic heterocycles. The van der Waals surface area contributed by atoms with Gasteiger partial charge in [0.15, 0.2) is 0 Å². The second-order valence-electron chi connectivity index (χ2n) is 1.38. The molecule has 0 fully saturated rings. The van der Waals surface area contributed by atoms with Crippen LogP contribution >= 0.6 is 0 Å². The summed E-state index contributed by atoms with van der Waals surface area (Å²) in [7, 11) is 0. The molecule has 0 bridgehead atoms. The van der Waals surface area contributed by atoms with Gasteiger partial charge in [-0.15, -0.1) is 0 Å². The van der Waals surface area contributed by atoms with Crippen molar-refractivity contribution in [1.82, 2.24) is 5.10 Å². The van der Waals surface area contributed by atoms with Gasteiger partial charge in [-0.1, -0.05) is 0 Å². The maximum atomic E-state index is 10.3.